The number of nitrogens with one attached hydrogen (secondary N) is 2. The van der Waals surface area contributed by atoms with Gasteiger partial charge in [-0.05, 0) is 63.5 Å². The van der Waals surface area contributed by atoms with E-state index in [1.165, 1.54) is 0 Å². The monoisotopic (exact) mass is 650 g/mol. The number of alkyl carbamates (subject to hydrolysis) is 1. The quantitative estimate of drug-likeness (QED) is 0.233. The largest absolute Gasteiger partial charge is 0.465 e. The summed E-state index contributed by atoms with van der Waals surface area (Å²) in [5, 5.41) is 5.68. The summed E-state index contributed by atoms with van der Waals surface area (Å²) in [6.07, 6.45) is 1.31. The molecule has 3 amide bonds. The Morgan fingerprint density at radius 3 is 2.21 bits per heavy atom. The zero-order valence-electron chi connectivity index (χ0n) is 27.4. The van der Waals surface area contributed by atoms with Crippen LogP contribution in [0.15, 0.2) is 60.7 Å². The molecule has 0 unspecified atom stereocenters. The molecule has 47 heavy (non-hydrogen) atoms. The fraction of sp³-hybridized carbons (Fsp3) is 0.514. The lowest BCUT2D eigenvalue weighted by Gasteiger charge is -2.40. The Morgan fingerprint density at radius 1 is 0.894 bits per heavy atom. The molecule has 0 aromatic heterocycles. The van der Waals surface area contributed by atoms with Crippen molar-refractivity contribution >= 4 is 29.8 Å². The number of carbonyl (C=O) groups excluding carboxylic acids is 5. The van der Waals surface area contributed by atoms with Gasteiger partial charge in [-0.3, -0.25) is 19.7 Å². The van der Waals surface area contributed by atoms with Crippen LogP contribution in [0.2, 0.25) is 0 Å². The molecule has 0 saturated carbocycles. The molecule has 2 N–H and O–H groups in total. The summed E-state index contributed by atoms with van der Waals surface area (Å²) >= 11 is 0. The smallest absolute Gasteiger partial charge is 0.407 e. The Morgan fingerprint density at radius 2 is 1.55 bits per heavy atom. The van der Waals surface area contributed by atoms with Gasteiger partial charge in [0.05, 0.1) is 25.3 Å². The van der Waals surface area contributed by atoms with E-state index in [0.29, 0.717) is 32.2 Å². The van der Waals surface area contributed by atoms with Crippen LogP contribution in [0.25, 0.3) is 0 Å². The van der Waals surface area contributed by atoms with Gasteiger partial charge in [-0.2, -0.15) is 0 Å². The summed E-state index contributed by atoms with van der Waals surface area (Å²) in [5.74, 6) is -1.64. The predicted octanol–water partition coefficient (Wildman–Crippen LogP) is 2.84. The second-order valence-corrected chi connectivity index (χ2v) is 11.8. The van der Waals surface area contributed by atoms with Crippen molar-refractivity contribution in [2.45, 2.75) is 77.2 Å². The molecule has 0 aliphatic carbocycles. The van der Waals surface area contributed by atoms with Crippen LogP contribution in [0.5, 0.6) is 0 Å². The lowest BCUT2D eigenvalue weighted by Crippen LogP contribution is -2.59. The highest BCUT2D eigenvalue weighted by molar-refractivity contribution is 5.89. The van der Waals surface area contributed by atoms with Gasteiger partial charge in [-0.1, -0.05) is 60.7 Å². The number of ether oxygens (including phenoxy) is 3. The molecule has 2 heterocycles. The number of amides is 3. The van der Waals surface area contributed by atoms with Crippen LogP contribution in [0.4, 0.5) is 4.79 Å². The van der Waals surface area contributed by atoms with Gasteiger partial charge in [0.25, 0.3) is 0 Å². The summed E-state index contributed by atoms with van der Waals surface area (Å²) in [7, 11) is 0. The second-order valence-electron chi connectivity index (χ2n) is 11.8. The van der Waals surface area contributed by atoms with Crippen molar-refractivity contribution in [3.05, 3.63) is 71.8 Å². The van der Waals surface area contributed by atoms with Crippen LogP contribution >= 0.6 is 0 Å². The van der Waals surface area contributed by atoms with E-state index in [1.54, 1.807) is 30.6 Å². The highest BCUT2D eigenvalue weighted by Crippen LogP contribution is 2.37. The molecule has 0 spiro atoms. The number of fused-ring (bicyclic) bond motifs is 1. The van der Waals surface area contributed by atoms with Crippen LogP contribution in [0.1, 0.15) is 51.2 Å². The number of likely N-dealkylation sites (tertiary alicyclic amines) is 2. The topological polar surface area (TPSA) is 144 Å². The van der Waals surface area contributed by atoms with Gasteiger partial charge in [-0.15, -0.1) is 0 Å². The van der Waals surface area contributed by atoms with E-state index < -0.39 is 42.2 Å². The van der Waals surface area contributed by atoms with E-state index >= 15 is 0 Å². The van der Waals surface area contributed by atoms with Crippen LogP contribution < -0.4 is 10.6 Å². The number of benzene rings is 2. The van der Waals surface area contributed by atoms with Gasteiger partial charge >= 0.3 is 18.0 Å². The van der Waals surface area contributed by atoms with Crippen LogP contribution in [0, 0.1) is 5.92 Å². The van der Waals surface area contributed by atoms with Crippen molar-refractivity contribution in [2.24, 2.45) is 5.92 Å². The molecule has 12 nitrogen and oxygen atoms in total. The summed E-state index contributed by atoms with van der Waals surface area (Å²) in [4.78, 5) is 68.7. The molecule has 0 radical (unpaired) electrons. The fourth-order valence-corrected chi connectivity index (χ4v) is 6.29. The molecule has 2 aromatic rings. The Kier molecular flexibility index (Phi) is 13.2. The minimum atomic E-state index is -0.831. The number of hydrogen-bond donors (Lipinski definition) is 2. The van der Waals surface area contributed by atoms with E-state index in [4.69, 9.17) is 14.2 Å². The normalized spacial score (nSPS) is 20.0. The Bertz CT molecular complexity index is 1360. The van der Waals surface area contributed by atoms with E-state index in [-0.39, 0.29) is 50.6 Å². The minimum Gasteiger partial charge on any atom is -0.465 e. The van der Waals surface area contributed by atoms with Crippen LogP contribution in [-0.4, -0.2) is 96.7 Å². The summed E-state index contributed by atoms with van der Waals surface area (Å²) in [5.41, 5.74) is 1.88. The standard InChI is InChI=1S/C35H46N4O8/c1-4-45-33(42)28(17-16-25-12-8-6-9-13-25)37-24(3)32(41)39-29(34(43)46-5-2)20-27-18-19-38(22-30(27)39)31(40)21-36-35(44)47-23-26-14-10-7-11-15-26/h6-15,24,27-30,37H,4-5,16-23H2,1-3H3,(H,36,44)/t24-,27+,28+,29+,30-/m0/s1. The molecular formula is C35H46N4O8. The molecule has 254 valence electrons. The molecule has 2 aromatic carbocycles. The summed E-state index contributed by atoms with van der Waals surface area (Å²) in [6.45, 7) is 5.93. The van der Waals surface area contributed by atoms with E-state index in [1.807, 2.05) is 60.7 Å². The number of piperidine rings is 1. The number of esters is 2. The first-order chi connectivity index (χ1) is 22.7. The van der Waals surface area contributed by atoms with Crippen molar-refractivity contribution in [3.63, 3.8) is 0 Å². The maximum Gasteiger partial charge on any atom is 0.407 e. The van der Waals surface area contributed by atoms with Crippen molar-refractivity contribution in [2.75, 3.05) is 32.8 Å². The number of carbonyl (C=O) groups is 5. The number of aryl methyl sites for hydroxylation is 1. The first kappa shape index (κ1) is 35.4. The van der Waals surface area contributed by atoms with Crippen molar-refractivity contribution in [3.8, 4) is 0 Å². The van der Waals surface area contributed by atoms with Crippen LogP contribution in [-0.2, 0) is 46.4 Å². The SMILES string of the molecule is CCOC(=O)[C@H]1C[C@H]2CCN(C(=O)CNC(=O)OCc3ccccc3)C[C@@H]2N1C(=O)[C@H](C)N[C@H](CCc1ccccc1)C(=O)OCC. The summed E-state index contributed by atoms with van der Waals surface area (Å²) < 4.78 is 15.9. The highest BCUT2D eigenvalue weighted by Gasteiger charge is 2.51. The Balaban J connectivity index is 1.41. The van der Waals surface area contributed by atoms with Crippen molar-refractivity contribution < 1.29 is 38.2 Å². The van der Waals surface area contributed by atoms with Gasteiger partial charge in [0.1, 0.15) is 25.2 Å². The van der Waals surface area contributed by atoms with Crippen molar-refractivity contribution in [1.29, 1.82) is 0 Å². The third-order valence-electron chi connectivity index (χ3n) is 8.66. The average molecular weight is 651 g/mol. The molecule has 2 aliphatic heterocycles. The minimum absolute atomic E-state index is 0.0210. The third-order valence-corrected chi connectivity index (χ3v) is 8.66. The predicted molar refractivity (Wildman–Crippen MR) is 173 cm³/mol. The van der Waals surface area contributed by atoms with E-state index in [2.05, 4.69) is 10.6 Å². The van der Waals surface area contributed by atoms with Gasteiger partial charge < -0.3 is 29.3 Å². The van der Waals surface area contributed by atoms with Crippen molar-refractivity contribution in [1.82, 2.24) is 20.4 Å². The lowest BCUT2D eigenvalue weighted by molar-refractivity contribution is -0.156. The second kappa shape index (κ2) is 17.5. The Labute approximate surface area is 276 Å². The van der Waals surface area contributed by atoms with E-state index in [9.17, 15) is 24.0 Å². The number of hydrogen-bond acceptors (Lipinski definition) is 9. The molecule has 2 saturated heterocycles. The maximum absolute atomic E-state index is 14.1. The van der Waals surface area contributed by atoms with Gasteiger partial charge in [0, 0.05) is 13.1 Å². The molecular weight excluding hydrogens is 604 g/mol. The first-order valence-electron chi connectivity index (χ1n) is 16.4. The van der Waals surface area contributed by atoms with E-state index in [0.717, 1.165) is 11.1 Å². The zero-order valence-corrected chi connectivity index (χ0v) is 27.4. The van der Waals surface area contributed by atoms with Crippen LogP contribution in [0.3, 0.4) is 0 Å². The molecule has 0 bridgehead atoms. The molecule has 4 rings (SSSR count). The fourth-order valence-electron chi connectivity index (χ4n) is 6.29. The average Bonchev–Trinajstić information content (AvgIpc) is 3.47. The van der Waals surface area contributed by atoms with Gasteiger partial charge in [0.15, 0.2) is 0 Å². The molecule has 5 atom stereocenters. The van der Waals surface area contributed by atoms with Gasteiger partial charge in [0.2, 0.25) is 11.8 Å². The Hall–Kier alpha value is -4.45. The number of rotatable bonds is 14. The van der Waals surface area contributed by atoms with Gasteiger partial charge in [-0.25, -0.2) is 9.59 Å². The number of nitrogens with zero attached hydrogens (tertiary/aromatic N) is 2. The third kappa shape index (κ3) is 9.77. The molecule has 2 aliphatic rings. The summed E-state index contributed by atoms with van der Waals surface area (Å²) in [6, 6.07) is 16.1. The zero-order chi connectivity index (χ0) is 33.8. The molecule has 2 fully saturated rings. The maximum atomic E-state index is 14.1. The highest BCUT2D eigenvalue weighted by atomic mass is 16.5. The first-order valence-corrected chi connectivity index (χ1v) is 16.4. The molecule has 12 heteroatoms. The lowest BCUT2D eigenvalue weighted by atomic mass is 9.91.